The molecular formula is C11H14Cl2N2. The van der Waals surface area contributed by atoms with Crippen molar-refractivity contribution in [3.05, 3.63) is 33.8 Å². The third-order valence-corrected chi connectivity index (χ3v) is 3.40. The van der Waals surface area contributed by atoms with E-state index >= 15 is 0 Å². The summed E-state index contributed by atoms with van der Waals surface area (Å²) >= 11 is 12.1. The molecule has 1 aromatic carbocycles. The van der Waals surface area contributed by atoms with Gasteiger partial charge >= 0.3 is 0 Å². The smallest absolute Gasteiger partial charge is 0.0465 e. The number of halogens is 2. The molecule has 0 amide bonds. The molecule has 15 heavy (non-hydrogen) atoms. The summed E-state index contributed by atoms with van der Waals surface area (Å²) < 4.78 is 0. The Kier molecular flexibility index (Phi) is 3.87. The van der Waals surface area contributed by atoms with Gasteiger partial charge in [-0.05, 0) is 25.1 Å². The average molecular weight is 245 g/mol. The number of hydrogen-bond acceptors (Lipinski definition) is 2. The van der Waals surface area contributed by atoms with E-state index in [1.165, 1.54) is 6.42 Å². The van der Waals surface area contributed by atoms with Crippen LogP contribution in [0.3, 0.4) is 0 Å². The van der Waals surface area contributed by atoms with Crippen LogP contribution in [0.15, 0.2) is 18.2 Å². The van der Waals surface area contributed by atoms with E-state index in [2.05, 4.69) is 10.6 Å². The summed E-state index contributed by atoms with van der Waals surface area (Å²) in [5.41, 5.74) is 0.993. The van der Waals surface area contributed by atoms with Crippen LogP contribution in [0.1, 0.15) is 12.0 Å². The Bertz CT molecular complexity index is 315. The third-order valence-electron chi connectivity index (χ3n) is 2.69. The summed E-state index contributed by atoms with van der Waals surface area (Å²) in [4.78, 5) is 0. The molecule has 4 heteroatoms. The lowest BCUT2D eigenvalue weighted by Crippen LogP contribution is -2.30. The van der Waals surface area contributed by atoms with Crippen LogP contribution in [0.25, 0.3) is 0 Å². The lowest BCUT2D eigenvalue weighted by Gasteiger charge is -2.13. The number of nitrogens with one attached hydrogen (secondary N) is 2. The molecule has 2 N–H and O–H groups in total. The largest absolute Gasteiger partial charge is 0.315 e. The fourth-order valence-electron chi connectivity index (χ4n) is 1.78. The Morgan fingerprint density at radius 1 is 1.33 bits per heavy atom. The highest BCUT2D eigenvalue weighted by Crippen LogP contribution is 2.24. The minimum absolute atomic E-state index is 0.539. The van der Waals surface area contributed by atoms with E-state index in [1.54, 1.807) is 0 Å². The Balaban J connectivity index is 1.97. The van der Waals surface area contributed by atoms with Crippen molar-refractivity contribution in [2.24, 2.45) is 0 Å². The molecule has 0 radical (unpaired) electrons. The molecule has 1 unspecified atom stereocenters. The molecule has 0 saturated carbocycles. The summed E-state index contributed by atoms with van der Waals surface area (Å²) in [6.45, 7) is 2.86. The molecule has 0 aromatic heterocycles. The van der Waals surface area contributed by atoms with Crippen LogP contribution < -0.4 is 10.6 Å². The van der Waals surface area contributed by atoms with Crippen LogP contribution in [0, 0.1) is 0 Å². The van der Waals surface area contributed by atoms with Gasteiger partial charge in [0.15, 0.2) is 0 Å². The molecule has 0 aliphatic carbocycles. The van der Waals surface area contributed by atoms with Crippen molar-refractivity contribution in [3.8, 4) is 0 Å². The average Bonchev–Trinajstić information content (AvgIpc) is 2.70. The summed E-state index contributed by atoms with van der Waals surface area (Å²) in [5, 5.41) is 8.23. The summed E-state index contributed by atoms with van der Waals surface area (Å²) in [6, 6.07) is 6.15. The first-order valence-electron chi connectivity index (χ1n) is 5.14. The fourth-order valence-corrected chi connectivity index (χ4v) is 2.31. The predicted molar refractivity (Wildman–Crippen MR) is 64.6 cm³/mol. The topological polar surface area (TPSA) is 24.1 Å². The van der Waals surface area contributed by atoms with Gasteiger partial charge < -0.3 is 10.6 Å². The fraction of sp³-hybridized carbons (Fsp3) is 0.455. The first-order chi connectivity index (χ1) is 7.27. The van der Waals surface area contributed by atoms with E-state index in [4.69, 9.17) is 23.2 Å². The van der Waals surface area contributed by atoms with E-state index in [9.17, 15) is 0 Å². The molecule has 1 fully saturated rings. The minimum atomic E-state index is 0.539. The van der Waals surface area contributed by atoms with Crippen LogP contribution in [0.4, 0.5) is 0 Å². The summed E-state index contributed by atoms with van der Waals surface area (Å²) in [6.07, 6.45) is 1.17. The first-order valence-corrected chi connectivity index (χ1v) is 5.90. The molecule has 2 rings (SSSR count). The summed E-state index contributed by atoms with van der Waals surface area (Å²) in [5.74, 6) is 0. The van der Waals surface area contributed by atoms with Crippen molar-refractivity contribution in [2.75, 3.05) is 13.1 Å². The van der Waals surface area contributed by atoms with E-state index in [1.807, 2.05) is 18.2 Å². The van der Waals surface area contributed by atoms with E-state index in [-0.39, 0.29) is 0 Å². The summed E-state index contributed by atoms with van der Waals surface area (Å²) in [7, 11) is 0. The van der Waals surface area contributed by atoms with Crippen LogP contribution in [-0.2, 0) is 6.54 Å². The van der Waals surface area contributed by atoms with Crippen LogP contribution in [0.2, 0.25) is 10.0 Å². The van der Waals surface area contributed by atoms with Gasteiger partial charge in [0.25, 0.3) is 0 Å². The lowest BCUT2D eigenvalue weighted by molar-refractivity contribution is 0.547. The van der Waals surface area contributed by atoms with Gasteiger partial charge in [0.2, 0.25) is 0 Å². The van der Waals surface area contributed by atoms with Gasteiger partial charge in [0, 0.05) is 34.7 Å². The normalized spacial score (nSPS) is 20.8. The molecule has 1 aromatic rings. The van der Waals surface area contributed by atoms with Gasteiger partial charge in [0.1, 0.15) is 0 Å². The number of benzene rings is 1. The maximum absolute atomic E-state index is 6.07. The lowest BCUT2D eigenvalue weighted by atomic mass is 10.2. The highest BCUT2D eigenvalue weighted by atomic mass is 35.5. The molecule has 0 spiro atoms. The molecule has 82 valence electrons. The Morgan fingerprint density at radius 2 is 2.07 bits per heavy atom. The van der Waals surface area contributed by atoms with Gasteiger partial charge in [-0.1, -0.05) is 29.3 Å². The van der Waals surface area contributed by atoms with Crippen molar-refractivity contribution >= 4 is 23.2 Å². The van der Waals surface area contributed by atoms with Gasteiger partial charge in [-0.3, -0.25) is 0 Å². The Labute approximate surface area is 100.0 Å². The predicted octanol–water partition coefficient (Wildman–Crippen LogP) is 2.44. The molecule has 1 aliphatic rings. The molecule has 1 aliphatic heterocycles. The second kappa shape index (κ2) is 5.17. The van der Waals surface area contributed by atoms with Crippen LogP contribution >= 0.6 is 23.2 Å². The zero-order valence-corrected chi connectivity index (χ0v) is 9.91. The van der Waals surface area contributed by atoms with Gasteiger partial charge in [-0.25, -0.2) is 0 Å². The van der Waals surface area contributed by atoms with Crippen molar-refractivity contribution in [1.29, 1.82) is 0 Å². The van der Waals surface area contributed by atoms with E-state index in [0.717, 1.165) is 35.2 Å². The zero-order valence-electron chi connectivity index (χ0n) is 8.39. The molecule has 2 nitrogen and oxygen atoms in total. The number of hydrogen-bond donors (Lipinski definition) is 2. The minimum Gasteiger partial charge on any atom is -0.315 e. The van der Waals surface area contributed by atoms with E-state index in [0.29, 0.717) is 6.04 Å². The molecule has 1 atom stereocenters. The van der Waals surface area contributed by atoms with Crippen molar-refractivity contribution in [2.45, 2.75) is 19.0 Å². The molecule has 0 bridgehead atoms. The quantitative estimate of drug-likeness (QED) is 0.854. The highest BCUT2D eigenvalue weighted by molar-refractivity contribution is 6.35. The van der Waals surface area contributed by atoms with Gasteiger partial charge in [-0.2, -0.15) is 0 Å². The maximum atomic E-state index is 6.07. The highest BCUT2D eigenvalue weighted by Gasteiger charge is 2.14. The monoisotopic (exact) mass is 244 g/mol. The second-order valence-corrected chi connectivity index (χ2v) is 4.59. The van der Waals surface area contributed by atoms with Crippen LogP contribution in [-0.4, -0.2) is 19.1 Å². The number of rotatable bonds is 3. The molecule has 1 heterocycles. The second-order valence-electron chi connectivity index (χ2n) is 3.77. The molecule has 1 saturated heterocycles. The Morgan fingerprint density at radius 3 is 2.67 bits per heavy atom. The first kappa shape index (κ1) is 11.2. The zero-order chi connectivity index (χ0) is 10.7. The maximum Gasteiger partial charge on any atom is 0.0465 e. The van der Waals surface area contributed by atoms with Crippen LogP contribution in [0.5, 0.6) is 0 Å². The SMILES string of the molecule is Clc1cccc(Cl)c1CNC1CCNC1. The van der Waals surface area contributed by atoms with E-state index < -0.39 is 0 Å². The van der Waals surface area contributed by atoms with Crippen molar-refractivity contribution < 1.29 is 0 Å². The van der Waals surface area contributed by atoms with Gasteiger partial charge in [-0.15, -0.1) is 0 Å². The third kappa shape index (κ3) is 2.85. The van der Waals surface area contributed by atoms with Gasteiger partial charge in [0.05, 0.1) is 0 Å². The molecular weight excluding hydrogens is 231 g/mol. The van der Waals surface area contributed by atoms with Crippen molar-refractivity contribution in [3.63, 3.8) is 0 Å². The Hall–Kier alpha value is -0.280. The van der Waals surface area contributed by atoms with Crippen molar-refractivity contribution in [1.82, 2.24) is 10.6 Å². The standard InChI is InChI=1S/C11H14Cl2N2/c12-10-2-1-3-11(13)9(10)7-15-8-4-5-14-6-8/h1-3,8,14-15H,4-7H2.